The topological polar surface area (TPSA) is 26.3 Å². The highest BCUT2D eigenvalue weighted by atomic mass is 16.5. The third-order valence-corrected chi connectivity index (χ3v) is 1.93. The van der Waals surface area contributed by atoms with Gasteiger partial charge in [0.1, 0.15) is 5.75 Å². The van der Waals surface area contributed by atoms with Crippen molar-refractivity contribution in [2.75, 3.05) is 0 Å². The summed E-state index contributed by atoms with van der Waals surface area (Å²) in [7, 11) is 0. The van der Waals surface area contributed by atoms with Crippen LogP contribution in [0.3, 0.4) is 0 Å². The Labute approximate surface area is 86.3 Å². The minimum absolute atomic E-state index is 0.241. The summed E-state index contributed by atoms with van der Waals surface area (Å²) in [6.45, 7) is -2.73. The molecule has 14 heavy (non-hydrogen) atoms. The monoisotopic (exact) mass is 189 g/mol. The van der Waals surface area contributed by atoms with Crippen molar-refractivity contribution in [3.05, 3.63) is 42.5 Å². The average Bonchev–Trinajstić information content (AvgIpc) is 2.27. The molecule has 0 aliphatic carbocycles. The van der Waals surface area contributed by atoms with E-state index in [0.29, 0.717) is 0 Å². The maximum Gasteiger partial charge on any atom is 0.308 e. The Balaban J connectivity index is 2.29. The van der Waals surface area contributed by atoms with Crippen molar-refractivity contribution in [1.29, 1.82) is 0 Å². The van der Waals surface area contributed by atoms with Crippen molar-refractivity contribution in [1.82, 2.24) is 0 Å². The van der Waals surface area contributed by atoms with Crippen molar-refractivity contribution < 1.29 is 13.6 Å². The summed E-state index contributed by atoms with van der Waals surface area (Å²) in [6, 6.07) is 12.5. The quantitative estimate of drug-likeness (QED) is 0.509. The smallest absolute Gasteiger partial charge is 0.308 e. The van der Waals surface area contributed by atoms with Gasteiger partial charge < -0.3 is 4.74 Å². The predicted molar refractivity (Wildman–Crippen MR) is 55.3 cm³/mol. The lowest BCUT2D eigenvalue weighted by molar-refractivity contribution is -0.131. The maximum atomic E-state index is 11.2. The molecule has 0 unspecified atom stereocenters. The van der Waals surface area contributed by atoms with E-state index in [9.17, 15) is 4.79 Å². The molecule has 0 amide bonds. The summed E-state index contributed by atoms with van der Waals surface area (Å²) in [5.41, 5.74) is 0. The van der Waals surface area contributed by atoms with Crippen LogP contribution >= 0.6 is 0 Å². The lowest BCUT2D eigenvalue weighted by Gasteiger charge is -2.02. The number of carbonyl (C=O) groups excluding carboxylic acids is 1. The first-order valence-electron chi connectivity index (χ1n) is 5.68. The summed E-state index contributed by atoms with van der Waals surface area (Å²) in [4.78, 5) is 11.2. The van der Waals surface area contributed by atoms with Gasteiger partial charge in [0.05, 0.1) is 0 Å². The molecule has 0 atom stereocenters. The molecule has 2 aromatic rings. The number of hydrogen-bond acceptors (Lipinski definition) is 2. The van der Waals surface area contributed by atoms with Crippen LogP contribution in [0.5, 0.6) is 5.75 Å². The van der Waals surface area contributed by atoms with Crippen molar-refractivity contribution in [2.45, 2.75) is 6.85 Å². The van der Waals surface area contributed by atoms with Gasteiger partial charge in [-0.1, -0.05) is 30.3 Å². The molecule has 0 aliphatic rings. The van der Waals surface area contributed by atoms with E-state index < -0.39 is 12.8 Å². The molecule has 0 heterocycles. The first kappa shape index (κ1) is 5.81. The van der Waals surface area contributed by atoms with Gasteiger partial charge in [0, 0.05) is 11.0 Å². The summed E-state index contributed by atoms with van der Waals surface area (Å²) < 4.78 is 25.5. The highest BCUT2D eigenvalue weighted by molar-refractivity contribution is 5.84. The number of carbonyl (C=O) groups is 1. The number of hydrogen-bond donors (Lipinski definition) is 0. The van der Waals surface area contributed by atoms with Gasteiger partial charge in [0.2, 0.25) is 0 Å². The molecule has 0 bridgehead atoms. The fourth-order valence-corrected chi connectivity index (χ4v) is 1.34. The molecule has 0 aliphatic heterocycles. The molecular weight excluding hydrogens is 176 g/mol. The summed E-state index contributed by atoms with van der Waals surface area (Å²) in [5.74, 6) is -0.974. The van der Waals surface area contributed by atoms with E-state index >= 15 is 0 Å². The summed E-state index contributed by atoms with van der Waals surface area (Å²) >= 11 is 0. The zero-order chi connectivity index (χ0) is 12.5. The molecule has 0 spiro atoms. The van der Waals surface area contributed by atoms with Crippen LogP contribution in [0, 0.1) is 0 Å². The van der Waals surface area contributed by atoms with Gasteiger partial charge in [-0.05, 0) is 22.9 Å². The molecule has 2 nitrogen and oxygen atoms in total. The lowest BCUT2D eigenvalue weighted by atomic mass is 10.1. The third kappa shape index (κ3) is 1.74. The van der Waals surface area contributed by atoms with Crippen LogP contribution in [-0.4, -0.2) is 5.97 Å². The number of fused-ring (bicyclic) bond motifs is 1. The van der Waals surface area contributed by atoms with E-state index in [1.165, 1.54) is 0 Å². The largest absolute Gasteiger partial charge is 0.427 e. The van der Waals surface area contributed by atoms with Gasteiger partial charge >= 0.3 is 5.97 Å². The Hall–Kier alpha value is -1.83. The average molecular weight is 189 g/mol. The van der Waals surface area contributed by atoms with E-state index in [4.69, 9.17) is 8.85 Å². The van der Waals surface area contributed by atoms with E-state index in [1.807, 2.05) is 24.3 Å². The van der Waals surface area contributed by atoms with Crippen LogP contribution in [0.2, 0.25) is 0 Å². The first-order valence-corrected chi connectivity index (χ1v) is 4.18. The third-order valence-electron chi connectivity index (χ3n) is 1.93. The molecule has 0 N–H and O–H groups in total. The lowest BCUT2D eigenvalue weighted by Crippen LogP contribution is -2.00. The van der Waals surface area contributed by atoms with Crippen LogP contribution < -0.4 is 4.74 Å². The summed E-state index contributed by atoms with van der Waals surface area (Å²) in [6.07, 6.45) is 0. The van der Waals surface area contributed by atoms with Gasteiger partial charge in [-0.15, -0.1) is 0 Å². The van der Waals surface area contributed by atoms with Gasteiger partial charge in [-0.25, -0.2) is 0 Å². The SMILES string of the molecule is [2H]C([2H])([2H])C(=O)Oc1ccc2ccccc2c1. The number of benzene rings is 2. The molecule has 0 aromatic heterocycles. The Morgan fingerprint density at radius 1 is 1.21 bits per heavy atom. The Bertz CT molecular complexity index is 561. The maximum absolute atomic E-state index is 11.2. The number of esters is 1. The fourth-order valence-electron chi connectivity index (χ4n) is 1.34. The molecular formula is C12H10O2. The first-order chi connectivity index (χ1) is 7.97. The Kier molecular flexibility index (Phi) is 1.45. The van der Waals surface area contributed by atoms with Gasteiger partial charge in [0.25, 0.3) is 0 Å². The van der Waals surface area contributed by atoms with E-state index in [-0.39, 0.29) is 5.75 Å². The molecule has 0 fully saturated rings. The second kappa shape index (κ2) is 3.50. The van der Waals surface area contributed by atoms with E-state index in [1.54, 1.807) is 18.2 Å². The zero-order valence-electron chi connectivity index (χ0n) is 10.4. The van der Waals surface area contributed by atoms with Crippen molar-refractivity contribution in [3.8, 4) is 5.75 Å². The molecule has 2 rings (SSSR count). The molecule has 0 radical (unpaired) electrons. The molecule has 2 heteroatoms. The molecule has 0 saturated heterocycles. The number of ether oxygens (including phenoxy) is 1. The van der Waals surface area contributed by atoms with Crippen molar-refractivity contribution >= 4 is 16.7 Å². The predicted octanol–water partition coefficient (Wildman–Crippen LogP) is 2.77. The van der Waals surface area contributed by atoms with Crippen molar-refractivity contribution in [3.63, 3.8) is 0 Å². The fraction of sp³-hybridized carbons (Fsp3) is 0.0833. The molecule has 0 saturated carbocycles. The minimum atomic E-state index is -2.73. The van der Waals surface area contributed by atoms with Gasteiger partial charge in [-0.2, -0.15) is 0 Å². The zero-order valence-corrected chi connectivity index (χ0v) is 7.36. The van der Waals surface area contributed by atoms with E-state index in [0.717, 1.165) is 10.8 Å². The second-order valence-electron chi connectivity index (χ2n) is 2.90. The minimum Gasteiger partial charge on any atom is -0.427 e. The van der Waals surface area contributed by atoms with E-state index in [2.05, 4.69) is 0 Å². The van der Waals surface area contributed by atoms with Crippen LogP contribution in [0.25, 0.3) is 10.8 Å². The van der Waals surface area contributed by atoms with Crippen LogP contribution in [0.1, 0.15) is 11.0 Å². The molecule has 70 valence electrons. The number of rotatable bonds is 1. The van der Waals surface area contributed by atoms with Crippen LogP contribution in [0.15, 0.2) is 42.5 Å². The van der Waals surface area contributed by atoms with Crippen molar-refractivity contribution in [2.24, 2.45) is 0 Å². The Morgan fingerprint density at radius 3 is 2.79 bits per heavy atom. The highest BCUT2D eigenvalue weighted by Gasteiger charge is 1.98. The van der Waals surface area contributed by atoms with Crippen LogP contribution in [0.4, 0.5) is 0 Å². The normalized spacial score (nSPS) is 14.1. The van der Waals surface area contributed by atoms with Gasteiger partial charge in [-0.3, -0.25) is 4.79 Å². The molecule has 2 aromatic carbocycles. The Morgan fingerprint density at radius 2 is 2.00 bits per heavy atom. The van der Waals surface area contributed by atoms with Crippen LogP contribution in [-0.2, 0) is 4.79 Å². The van der Waals surface area contributed by atoms with Gasteiger partial charge in [0.15, 0.2) is 0 Å². The highest BCUT2D eigenvalue weighted by Crippen LogP contribution is 2.20. The summed E-state index contributed by atoms with van der Waals surface area (Å²) in [5, 5.41) is 1.89. The standard InChI is InChI=1S/C12H10O2/c1-9(13)14-12-7-6-10-4-2-3-5-11(10)8-12/h2-8H,1H3/i1D3. The second-order valence-corrected chi connectivity index (χ2v) is 2.90.